The van der Waals surface area contributed by atoms with Crippen LogP contribution >= 0.6 is 11.6 Å². The number of aliphatic hydroxyl groups is 1. The molecule has 0 bridgehead atoms. The molecule has 0 aromatic heterocycles. The first kappa shape index (κ1) is 16.9. The fourth-order valence-electron chi connectivity index (χ4n) is 1.18. The van der Waals surface area contributed by atoms with Gasteiger partial charge in [0.1, 0.15) is 10.7 Å². The van der Waals surface area contributed by atoms with Crippen LogP contribution in [0.2, 0.25) is 5.02 Å². The zero-order valence-electron chi connectivity index (χ0n) is 9.97. The number of hydrogen-bond donors (Lipinski definition) is 3. The van der Waals surface area contributed by atoms with Crippen LogP contribution in [0.25, 0.3) is 0 Å². The molecular weight excluding hydrogens is 282 g/mol. The van der Waals surface area contributed by atoms with Crippen molar-refractivity contribution in [2.24, 2.45) is 0 Å². The molecule has 0 spiro atoms. The first-order valence-corrected chi connectivity index (χ1v) is 6.89. The van der Waals surface area contributed by atoms with Gasteiger partial charge in [0.15, 0.2) is 9.84 Å². The first-order valence-electron chi connectivity index (χ1n) is 4.86. The molecule has 6 nitrogen and oxygen atoms in total. The molecule has 18 heavy (non-hydrogen) atoms. The summed E-state index contributed by atoms with van der Waals surface area (Å²) in [6, 6.07) is 2.29. The lowest BCUT2D eigenvalue weighted by atomic mass is 10.2. The Balaban J connectivity index is 0.00000137. The number of rotatable bonds is 3. The lowest BCUT2D eigenvalue weighted by Crippen LogP contribution is -2.41. The van der Waals surface area contributed by atoms with Crippen molar-refractivity contribution in [3.8, 4) is 0 Å². The maximum atomic E-state index is 11.7. The highest BCUT2D eigenvalue weighted by Crippen LogP contribution is 2.26. The summed E-state index contributed by atoms with van der Waals surface area (Å²) in [6.45, 7) is 1.44. The van der Waals surface area contributed by atoms with Gasteiger partial charge in [0.05, 0.1) is 16.2 Å². The van der Waals surface area contributed by atoms with Crippen molar-refractivity contribution in [3.63, 3.8) is 0 Å². The van der Waals surface area contributed by atoms with E-state index in [0.29, 0.717) is 5.69 Å². The fourth-order valence-corrected chi connectivity index (χ4v) is 2.45. The van der Waals surface area contributed by atoms with Crippen LogP contribution in [0.1, 0.15) is 17.3 Å². The van der Waals surface area contributed by atoms with Crippen LogP contribution in [0.3, 0.4) is 0 Å². The maximum absolute atomic E-state index is 11.7. The molecule has 8 heteroatoms. The number of carboxylic acids is 1. The quantitative estimate of drug-likeness (QED) is 0.742. The average Bonchev–Trinajstić information content (AvgIpc) is 2.34. The van der Waals surface area contributed by atoms with Gasteiger partial charge in [0.25, 0.3) is 0 Å². The highest BCUT2D eigenvalue weighted by molar-refractivity contribution is 7.91. The molecule has 102 valence electrons. The molecule has 0 aliphatic rings. The lowest BCUT2D eigenvalue weighted by molar-refractivity contribution is -0.254. The molecule has 0 radical (unpaired) electrons. The van der Waals surface area contributed by atoms with Crippen LogP contribution in [0, 0.1) is 0 Å². The molecule has 5 N–H and O–H groups in total. The standard InChI is InChI=1S/C9H10ClNO4S.CH4O/c1-2-16(14,15)8-4-7(11)6(10)3-5(8)9(12)13;1-2/h3-4H,2,11H2,1H3,(H,12,13);2H,1H3/p+1. The number of carboxylic acid groups (broad SMARTS) is 1. The van der Waals surface area contributed by atoms with Crippen molar-refractivity contribution >= 4 is 33.1 Å². The summed E-state index contributed by atoms with van der Waals surface area (Å²) < 4.78 is 23.3. The highest BCUT2D eigenvalue weighted by atomic mass is 35.5. The normalized spacial score (nSPS) is 10.5. The zero-order chi connectivity index (χ0) is 14.5. The molecule has 0 saturated carbocycles. The fraction of sp³-hybridized carbons (Fsp3) is 0.300. The summed E-state index contributed by atoms with van der Waals surface area (Å²) in [5, 5.41) is 16.0. The van der Waals surface area contributed by atoms with Crippen molar-refractivity contribution in [2.45, 2.75) is 11.8 Å². The molecule has 0 atom stereocenters. The van der Waals surface area contributed by atoms with E-state index in [4.69, 9.17) is 21.8 Å². The average molecular weight is 297 g/mol. The van der Waals surface area contributed by atoms with Gasteiger partial charge in [-0.3, -0.25) is 0 Å². The SMILES string of the molecule is CCS(=O)(=O)c1cc([NH3+])c(Cl)cc1C(=O)O.CO. The van der Waals surface area contributed by atoms with Gasteiger partial charge in [0.2, 0.25) is 0 Å². The number of carbonyl (C=O) groups is 1. The van der Waals surface area contributed by atoms with Crippen LogP contribution in [0.15, 0.2) is 17.0 Å². The van der Waals surface area contributed by atoms with Crippen molar-refractivity contribution in [1.82, 2.24) is 0 Å². The summed E-state index contributed by atoms with van der Waals surface area (Å²) in [7, 11) is -2.59. The van der Waals surface area contributed by atoms with E-state index in [9.17, 15) is 13.2 Å². The van der Waals surface area contributed by atoms with E-state index in [0.717, 1.165) is 13.2 Å². The van der Waals surface area contributed by atoms with Gasteiger partial charge < -0.3 is 15.9 Å². The maximum Gasteiger partial charge on any atom is 0.337 e. The second kappa shape index (κ2) is 6.69. The molecule has 0 aliphatic carbocycles. The number of aromatic carboxylic acids is 1. The van der Waals surface area contributed by atoms with E-state index in [1.807, 2.05) is 0 Å². The minimum absolute atomic E-state index is 0.132. The lowest BCUT2D eigenvalue weighted by Gasteiger charge is -2.06. The van der Waals surface area contributed by atoms with Gasteiger partial charge >= 0.3 is 5.97 Å². The van der Waals surface area contributed by atoms with Crippen LogP contribution in [0.4, 0.5) is 5.69 Å². The minimum Gasteiger partial charge on any atom is -0.478 e. The Hall–Kier alpha value is -1.15. The van der Waals surface area contributed by atoms with E-state index in [2.05, 4.69) is 5.73 Å². The van der Waals surface area contributed by atoms with Crippen molar-refractivity contribution in [2.75, 3.05) is 12.9 Å². The number of sulfone groups is 1. The van der Waals surface area contributed by atoms with Crippen molar-refractivity contribution in [1.29, 1.82) is 0 Å². The molecule has 0 heterocycles. The Morgan fingerprint density at radius 1 is 1.39 bits per heavy atom. The molecule has 1 aromatic carbocycles. The van der Waals surface area contributed by atoms with Crippen LogP contribution in [-0.2, 0) is 9.84 Å². The Labute approximate surface area is 110 Å². The molecule has 0 aliphatic heterocycles. The largest absolute Gasteiger partial charge is 0.478 e. The Kier molecular flexibility index (Phi) is 6.27. The monoisotopic (exact) mass is 296 g/mol. The topological polar surface area (TPSA) is 119 Å². The van der Waals surface area contributed by atoms with Crippen molar-refractivity contribution < 1.29 is 29.2 Å². The first-order chi connectivity index (χ1) is 8.29. The Bertz CT molecular complexity index is 541. The van der Waals surface area contributed by atoms with E-state index < -0.39 is 15.8 Å². The summed E-state index contributed by atoms with van der Waals surface area (Å²) in [5.74, 6) is -1.50. The van der Waals surface area contributed by atoms with Crippen LogP contribution < -0.4 is 5.73 Å². The predicted molar refractivity (Wildman–Crippen MR) is 66.8 cm³/mol. The second-order valence-corrected chi connectivity index (χ2v) is 5.80. The zero-order valence-corrected chi connectivity index (χ0v) is 11.5. The number of quaternary nitrogens is 1. The van der Waals surface area contributed by atoms with Crippen LogP contribution in [0.5, 0.6) is 0 Å². The van der Waals surface area contributed by atoms with Gasteiger partial charge in [-0.1, -0.05) is 18.5 Å². The van der Waals surface area contributed by atoms with Crippen molar-refractivity contribution in [3.05, 3.63) is 22.7 Å². The van der Waals surface area contributed by atoms with Crippen LogP contribution in [-0.4, -0.2) is 37.5 Å². The van der Waals surface area contributed by atoms with E-state index in [1.54, 1.807) is 0 Å². The number of benzene rings is 1. The molecular formula is C10H15ClNO5S+. The Morgan fingerprint density at radius 3 is 2.28 bits per heavy atom. The molecule has 1 rings (SSSR count). The minimum atomic E-state index is -3.59. The number of halogens is 1. The third-order valence-corrected chi connectivity index (χ3v) is 4.21. The van der Waals surface area contributed by atoms with Gasteiger partial charge in [-0.2, -0.15) is 0 Å². The third-order valence-electron chi connectivity index (χ3n) is 2.09. The van der Waals surface area contributed by atoms with E-state index >= 15 is 0 Å². The summed E-state index contributed by atoms with van der Waals surface area (Å²) in [6.07, 6.45) is 0. The highest BCUT2D eigenvalue weighted by Gasteiger charge is 2.23. The summed E-state index contributed by atoms with van der Waals surface area (Å²) in [5.41, 5.74) is 3.51. The summed E-state index contributed by atoms with van der Waals surface area (Å²) >= 11 is 5.70. The molecule has 0 unspecified atom stereocenters. The smallest absolute Gasteiger partial charge is 0.337 e. The number of hydrogen-bond acceptors (Lipinski definition) is 4. The van der Waals surface area contributed by atoms with E-state index in [1.165, 1.54) is 13.0 Å². The van der Waals surface area contributed by atoms with E-state index in [-0.39, 0.29) is 21.2 Å². The van der Waals surface area contributed by atoms with Gasteiger partial charge in [-0.25, -0.2) is 13.2 Å². The summed E-state index contributed by atoms with van der Waals surface area (Å²) in [4.78, 5) is 10.7. The molecule has 0 saturated heterocycles. The molecule has 1 aromatic rings. The number of aliphatic hydroxyl groups excluding tert-OH is 1. The second-order valence-electron chi connectivity index (χ2n) is 3.15. The molecule has 0 fully saturated rings. The van der Waals surface area contributed by atoms with Gasteiger partial charge in [0, 0.05) is 13.2 Å². The predicted octanol–water partition coefficient (Wildman–Crippen LogP) is 0.314. The Morgan fingerprint density at radius 2 is 1.89 bits per heavy atom. The molecule has 0 amide bonds. The third kappa shape index (κ3) is 3.67. The van der Waals surface area contributed by atoms with Gasteiger partial charge in [-0.05, 0) is 6.07 Å². The van der Waals surface area contributed by atoms with Gasteiger partial charge in [-0.15, -0.1) is 0 Å².